The maximum absolute atomic E-state index is 12.0. The highest BCUT2D eigenvalue weighted by Crippen LogP contribution is 2.30. The number of hydrogen-bond acceptors (Lipinski definition) is 4. The van der Waals surface area contributed by atoms with E-state index in [1.54, 1.807) is 4.90 Å². The van der Waals surface area contributed by atoms with E-state index in [4.69, 9.17) is 9.84 Å². The van der Waals surface area contributed by atoms with Gasteiger partial charge in [-0.3, -0.25) is 0 Å². The molecule has 1 saturated heterocycles. The van der Waals surface area contributed by atoms with Crippen molar-refractivity contribution in [3.05, 3.63) is 0 Å². The number of thioether (sulfide) groups is 1. The molecule has 1 aliphatic heterocycles. The highest BCUT2D eigenvalue weighted by atomic mass is 32.2. The molecule has 0 aromatic heterocycles. The van der Waals surface area contributed by atoms with Gasteiger partial charge in [-0.2, -0.15) is 11.8 Å². The zero-order valence-corrected chi connectivity index (χ0v) is 12.5. The molecule has 0 bridgehead atoms. The lowest BCUT2D eigenvalue weighted by Crippen LogP contribution is -2.50. The molecular weight excluding hydrogens is 268 g/mol. The summed E-state index contributed by atoms with van der Waals surface area (Å²) >= 11 is 1.84. The minimum atomic E-state index is -1.08. The van der Waals surface area contributed by atoms with E-state index in [0.717, 1.165) is 12.2 Å². The summed E-state index contributed by atoms with van der Waals surface area (Å²) in [6.45, 7) is 5.56. The first-order chi connectivity index (χ1) is 8.85. The number of carboxylic acids is 1. The van der Waals surface area contributed by atoms with Crippen LogP contribution in [-0.2, 0) is 9.53 Å². The van der Waals surface area contributed by atoms with Gasteiger partial charge in [0.15, 0.2) is 6.04 Å². The maximum Gasteiger partial charge on any atom is 0.328 e. The number of nitrogens with one attached hydrogen (secondary N) is 1. The van der Waals surface area contributed by atoms with Gasteiger partial charge in [-0.1, -0.05) is 13.8 Å². The first-order valence-electron chi connectivity index (χ1n) is 6.27. The van der Waals surface area contributed by atoms with Crippen LogP contribution in [0.4, 0.5) is 4.79 Å². The van der Waals surface area contributed by atoms with Crippen LogP contribution in [-0.4, -0.2) is 65.4 Å². The molecule has 1 heterocycles. The van der Waals surface area contributed by atoms with Crippen LogP contribution < -0.4 is 5.32 Å². The Morgan fingerprint density at radius 2 is 2.16 bits per heavy atom. The van der Waals surface area contributed by atoms with Gasteiger partial charge in [-0.25, -0.2) is 9.59 Å². The summed E-state index contributed by atoms with van der Waals surface area (Å²) in [7, 11) is 1.41. The second-order valence-corrected chi connectivity index (χ2v) is 6.94. The summed E-state index contributed by atoms with van der Waals surface area (Å²) in [6.07, 6.45) is 0.896. The van der Waals surface area contributed by atoms with E-state index >= 15 is 0 Å². The number of urea groups is 1. The largest absolute Gasteiger partial charge is 0.480 e. The summed E-state index contributed by atoms with van der Waals surface area (Å²) in [4.78, 5) is 24.7. The molecule has 1 atom stereocenters. The van der Waals surface area contributed by atoms with Gasteiger partial charge >= 0.3 is 12.0 Å². The Morgan fingerprint density at radius 3 is 2.74 bits per heavy atom. The fraction of sp³-hybridized carbons (Fsp3) is 0.833. The van der Waals surface area contributed by atoms with Crippen LogP contribution in [0.1, 0.15) is 20.3 Å². The first kappa shape index (κ1) is 16.1. The van der Waals surface area contributed by atoms with Crippen molar-refractivity contribution < 1.29 is 19.4 Å². The first-order valence-corrected chi connectivity index (χ1v) is 7.25. The standard InChI is InChI=1S/C12H22N2O4S/c1-12(2)4-5-14(6-7-19-12)11(17)13-9(8-18-3)10(15)16/h9H,4-8H2,1-3H3,(H,13,17)(H,15,16). The SMILES string of the molecule is COCC(NC(=O)N1CCSC(C)(C)CC1)C(=O)O. The Balaban J connectivity index is 2.54. The monoisotopic (exact) mass is 290 g/mol. The van der Waals surface area contributed by atoms with Crippen LogP contribution in [0.5, 0.6) is 0 Å². The zero-order valence-electron chi connectivity index (χ0n) is 11.6. The molecule has 1 fully saturated rings. The van der Waals surface area contributed by atoms with E-state index < -0.39 is 12.0 Å². The number of amides is 2. The molecule has 0 spiro atoms. The average molecular weight is 290 g/mol. The Kier molecular flexibility index (Phi) is 5.93. The lowest BCUT2D eigenvalue weighted by Gasteiger charge is -2.24. The quantitative estimate of drug-likeness (QED) is 0.808. The number of carbonyl (C=O) groups excluding carboxylic acids is 1. The van der Waals surface area contributed by atoms with Crippen LogP contribution in [0, 0.1) is 0 Å². The fourth-order valence-corrected chi connectivity index (χ4v) is 2.90. The Morgan fingerprint density at radius 1 is 1.47 bits per heavy atom. The highest BCUT2D eigenvalue weighted by Gasteiger charge is 2.28. The number of nitrogens with zero attached hydrogens (tertiary/aromatic N) is 1. The Hall–Kier alpha value is -0.950. The zero-order chi connectivity index (χ0) is 14.5. The van der Waals surface area contributed by atoms with E-state index in [1.165, 1.54) is 7.11 Å². The van der Waals surface area contributed by atoms with E-state index in [2.05, 4.69) is 19.2 Å². The van der Waals surface area contributed by atoms with Gasteiger partial charge in [0.1, 0.15) is 0 Å². The molecular formula is C12H22N2O4S. The van der Waals surface area contributed by atoms with Crippen molar-refractivity contribution in [2.45, 2.75) is 31.1 Å². The molecule has 1 rings (SSSR count). The number of aliphatic carboxylic acids is 1. The number of carboxylic acid groups (broad SMARTS) is 1. The van der Waals surface area contributed by atoms with Gasteiger partial charge in [-0.15, -0.1) is 0 Å². The topological polar surface area (TPSA) is 78.9 Å². The van der Waals surface area contributed by atoms with Crippen LogP contribution >= 0.6 is 11.8 Å². The third-order valence-electron chi connectivity index (χ3n) is 3.05. The minimum Gasteiger partial charge on any atom is -0.480 e. The second-order valence-electron chi connectivity index (χ2n) is 5.14. The van der Waals surface area contributed by atoms with E-state index in [1.807, 2.05) is 11.8 Å². The fourth-order valence-electron chi connectivity index (χ4n) is 1.81. The molecule has 6 nitrogen and oxygen atoms in total. The van der Waals surface area contributed by atoms with Crippen molar-refractivity contribution in [2.24, 2.45) is 0 Å². The predicted octanol–water partition coefficient (Wildman–Crippen LogP) is 1.01. The lowest BCUT2D eigenvalue weighted by atomic mass is 10.1. The maximum atomic E-state index is 12.0. The average Bonchev–Trinajstić information content (AvgIpc) is 2.49. The predicted molar refractivity (Wildman–Crippen MR) is 74.6 cm³/mol. The third-order valence-corrected chi connectivity index (χ3v) is 4.43. The van der Waals surface area contributed by atoms with Crippen molar-refractivity contribution in [2.75, 3.05) is 32.6 Å². The van der Waals surface area contributed by atoms with Crippen molar-refractivity contribution in [1.29, 1.82) is 0 Å². The summed E-state index contributed by atoms with van der Waals surface area (Å²) in [5, 5.41) is 11.5. The van der Waals surface area contributed by atoms with Gasteiger partial charge in [0.05, 0.1) is 6.61 Å². The summed E-state index contributed by atoms with van der Waals surface area (Å²) in [5.41, 5.74) is 0. The second kappa shape index (κ2) is 7.00. The van der Waals surface area contributed by atoms with Crippen molar-refractivity contribution in [3.63, 3.8) is 0 Å². The Labute approximate surface area is 117 Å². The van der Waals surface area contributed by atoms with Gasteiger partial charge in [-0.05, 0) is 6.42 Å². The van der Waals surface area contributed by atoms with Crippen LogP contribution in [0.25, 0.3) is 0 Å². The molecule has 1 unspecified atom stereocenters. The lowest BCUT2D eigenvalue weighted by molar-refractivity contribution is -0.140. The molecule has 0 aromatic rings. The smallest absolute Gasteiger partial charge is 0.328 e. The molecule has 110 valence electrons. The van der Waals surface area contributed by atoms with Gasteiger partial charge in [0, 0.05) is 30.7 Å². The Bertz CT molecular complexity index is 336. The van der Waals surface area contributed by atoms with Gasteiger partial charge < -0.3 is 20.1 Å². The number of rotatable bonds is 4. The highest BCUT2D eigenvalue weighted by molar-refractivity contribution is 8.00. The van der Waals surface area contributed by atoms with Crippen molar-refractivity contribution >= 4 is 23.8 Å². The molecule has 2 N–H and O–H groups in total. The minimum absolute atomic E-state index is 0.0326. The summed E-state index contributed by atoms with van der Waals surface area (Å²) in [5.74, 6) is -0.220. The van der Waals surface area contributed by atoms with E-state index in [9.17, 15) is 9.59 Å². The van der Waals surface area contributed by atoms with E-state index in [-0.39, 0.29) is 17.4 Å². The molecule has 0 aromatic carbocycles. The summed E-state index contributed by atoms with van der Waals surface area (Å²) in [6, 6.07) is -1.33. The molecule has 0 radical (unpaired) electrons. The van der Waals surface area contributed by atoms with E-state index in [0.29, 0.717) is 13.1 Å². The number of hydrogen-bond donors (Lipinski definition) is 2. The normalized spacial score (nSPS) is 20.5. The number of ether oxygens (including phenoxy) is 1. The summed E-state index contributed by atoms with van der Waals surface area (Å²) < 4.78 is 4.95. The molecule has 1 aliphatic rings. The molecule has 2 amide bonds. The molecule has 0 aliphatic carbocycles. The molecule has 7 heteroatoms. The number of methoxy groups -OCH3 is 1. The van der Waals surface area contributed by atoms with Crippen molar-refractivity contribution in [3.8, 4) is 0 Å². The van der Waals surface area contributed by atoms with Crippen LogP contribution in [0.2, 0.25) is 0 Å². The van der Waals surface area contributed by atoms with Gasteiger partial charge in [0.2, 0.25) is 0 Å². The molecule has 19 heavy (non-hydrogen) atoms. The number of carbonyl (C=O) groups is 2. The molecule has 0 saturated carbocycles. The van der Waals surface area contributed by atoms with Gasteiger partial charge in [0.25, 0.3) is 0 Å². The van der Waals surface area contributed by atoms with Crippen LogP contribution in [0.15, 0.2) is 0 Å². The van der Waals surface area contributed by atoms with Crippen LogP contribution in [0.3, 0.4) is 0 Å². The third kappa shape index (κ3) is 5.28. The van der Waals surface area contributed by atoms with Crippen molar-refractivity contribution in [1.82, 2.24) is 10.2 Å².